The molecule has 0 radical (unpaired) electrons. The number of nitrogens with one attached hydrogen (secondary N) is 1. The molecule has 0 spiro atoms. The molecule has 0 atom stereocenters. The van der Waals surface area contributed by atoms with Gasteiger partial charge < -0.3 is 14.4 Å². The third-order valence-corrected chi connectivity index (χ3v) is 5.57. The van der Waals surface area contributed by atoms with E-state index in [4.69, 9.17) is 4.52 Å². The van der Waals surface area contributed by atoms with E-state index >= 15 is 0 Å². The van der Waals surface area contributed by atoms with Crippen LogP contribution in [-0.2, 0) is 0 Å². The number of fused-ring (bicyclic) bond motifs is 1. The van der Waals surface area contributed by atoms with Crippen LogP contribution in [0.4, 0.5) is 0 Å². The summed E-state index contributed by atoms with van der Waals surface area (Å²) in [6, 6.07) is 10.0. The summed E-state index contributed by atoms with van der Waals surface area (Å²) in [5, 5.41) is 13.5. The Morgan fingerprint density at radius 2 is 2.03 bits per heavy atom. The number of nitrogens with zero attached hydrogens (tertiary/aromatic N) is 6. The Morgan fingerprint density at radius 3 is 2.77 bits per heavy atom. The summed E-state index contributed by atoms with van der Waals surface area (Å²) in [5.41, 5.74) is 2.19. The van der Waals surface area contributed by atoms with Crippen molar-refractivity contribution in [2.24, 2.45) is 0 Å². The third kappa shape index (κ3) is 3.36. The molecular weight excluding hydrogens is 382 g/mol. The Bertz CT molecular complexity index is 1150. The molecule has 1 N–H and O–H groups in total. The molecule has 4 aromatic rings. The average Bonchev–Trinajstić information content (AvgIpc) is 3.52. The van der Waals surface area contributed by atoms with Gasteiger partial charge in [-0.05, 0) is 25.0 Å². The van der Waals surface area contributed by atoms with Crippen molar-refractivity contribution in [1.29, 1.82) is 0 Å². The third-order valence-electron chi connectivity index (χ3n) is 5.57. The van der Waals surface area contributed by atoms with Gasteiger partial charge in [-0.1, -0.05) is 42.4 Å². The number of carbonyl (C=O) groups is 1. The van der Waals surface area contributed by atoms with Gasteiger partial charge in [0.25, 0.3) is 11.8 Å². The molecule has 0 unspecified atom stereocenters. The van der Waals surface area contributed by atoms with Gasteiger partial charge in [0.1, 0.15) is 5.69 Å². The highest BCUT2D eigenvalue weighted by molar-refractivity contribution is 5.98. The molecule has 1 amide bonds. The summed E-state index contributed by atoms with van der Waals surface area (Å²) in [4.78, 5) is 22.4. The summed E-state index contributed by atoms with van der Waals surface area (Å²) in [6.07, 6.45) is 3.48. The zero-order valence-electron chi connectivity index (χ0n) is 16.9. The molecular formula is C21H23N7O2. The van der Waals surface area contributed by atoms with E-state index in [9.17, 15) is 4.79 Å². The Balaban J connectivity index is 1.24. The highest BCUT2D eigenvalue weighted by Gasteiger charge is 2.27. The quantitative estimate of drug-likeness (QED) is 0.558. The Kier molecular flexibility index (Phi) is 4.57. The number of carbonyl (C=O) groups excluding carboxylic acids is 1. The van der Waals surface area contributed by atoms with Crippen LogP contribution in [0.15, 0.2) is 41.1 Å². The van der Waals surface area contributed by atoms with Crippen LogP contribution < -0.4 is 0 Å². The maximum absolute atomic E-state index is 12.9. The molecule has 30 heavy (non-hydrogen) atoms. The van der Waals surface area contributed by atoms with Gasteiger partial charge in [0.05, 0.1) is 12.2 Å². The van der Waals surface area contributed by atoms with E-state index in [2.05, 4.69) is 25.4 Å². The fraction of sp³-hybridized carbons (Fsp3) is 0.381. The lowest BCUT2D eigenvalue weighted by molar-refractivity contribution is 0.0684. The van der Waals surface area contributed by atoms with Gasteiger partial charge >= 0.3 is 0 Å². The predicted molar refractivity (Wildman–Crippen MR) is 110 cm³/mol. The van der Waals surface area contributed by atoms with E-state index in [0.29, 0.717) is 36.2 Å². The van der Waals surface area contributed by atoms with Crippen molar-refractivity contribution < 1.29 is 9.32 Å². The van der Waals surface area contributed by atoms with Crippen LogP contribution in [0.25, 0.3) is 22.5 Å². The van der Waals surface area contributed by atoms with Gasteiger partial charge in [-0.2, -0.15) is 4.98 Å². The Hall–Kier alpha value is -3.49. The zero-order chi connectivity index (χ0) is 20.7. The number of amides is 1. The first-order valence-corrected chi connectivity index (χ1v) is 10.2. The lowest BCUT2D eigenvalue weighted by atomic mass is 10.0. The number of benzene rings is 1. The average molecular weight is 405 g/mol. The van der Waals surface area contributed by atoms with Crippen LogP contribution in [0.3, 0.4) is 0 Å². The second kappa shape index (κ2) is 7.40. The van der Waals surface area contributed by atoms with Gasteiger partial charge in [-0.15, -0.1) is 5.10 Å². The fourth-order valence-corrected chi connectivity index (χ4v) is 3.82. The van der Waals surface area contributed by atoms with Crippen LogP contribution in [0.5, 0.6) is 0 Å². The minimum absolute atomic E-state index is 0.0380. The van der Waals surface area contributed by atoms with Crippen molar-refractivity contribution in [2.45, 2.75) is 38.6 Å². The smallest absolute Gasteiger partial charge is 0.280 e. The van der Waals surface area contributed by atoms with E-state index in [1.807, 2.05) is 60.0 Å². The molecule has 154 valence electrons. The van der Waals surface area contributed by atoms with Crippen molar-refractivity contribution in [3.63, 3.8) is 0 Å². The Labute approximate surface area is 173 Å². The van der Waals surface area contributed by atoms with Crippen LogP contribution >= 0.6 is 0 Å². The first-order valence-electron chi connectivity index (χ1n) is 10.2. The molecule has 9 heteroatoms. The number of hydrogen-bond donors (Lipinski definition) is 1. The molecule has 3 aromatic heterocycles. The molecule has 0 saturated carbocycles. The topological polar surface area (TPSA) is 106 Å². The molecule has 5 rings (SSSR count). The molecule has 1 aromatic carbocycles. The molecule has 0 bridgehead atoms. The first-order chi connectivity index (χ1) is 14.6. The number of hydrogen-bond acceptors (Lipinski definition) is 6. The maximum atomic E-state index is 12.9. The van der Waals surface area contributed by atoms with Gasteiger partial charge in [-0.3, -0.25) is 4.79 Å². The molecule has 1 aliphatic heterocycles. The second-order valence-corrected chi connectivity index (χ2v) is 7.99. The van der Waals surface area contributed by atoms with Gasteiger partial charge in [0, 0.05) is 29.9 Å². The number of likely N-dealkylation sites (tertiary alicyclic amines) is 1. The minimum atomic E-state index is 0.0380. The normalized spacial score (nSPS) is 15.4. The zero-order valence-corrected chi connectivity index (χ0v) is 16.9. The molecule has 0 aliphatic carbocycles. The highest BCUT2D eigenvalue weighted by atomic mass is 16.5. The first kappa shape index (κ1) is 18.5. The fourth-order valence-electron chi connectivity index (χ4n) is 3.82. The largest absolute Gasteiger partial charge is 0.351 e. The molecule has 1 fully saturated rings. The van der Waals surface area contributed by atoms with E-state index in [1.165, 1.54) is 0 Å². The summed E-state index contributed by atoms with van der Waals surface area (Å²) in [5.74, 6) is 1.27. The van der Waals surface area contributed by atoms with Crippen molar-refractivity contribution in [3.05, 3.63) is 48.0 Å². The number of aromatic nitrogens is 6. The van der Waals surface area contributed by atoms with E-state index in [1.54, 1.807) is 0 Å². The summed E-state index contributed by atoms with van der Waals surface area (Å²) < 4.78 is 7.15. The number of para-hydroxylation sites is 1. The SMILES string of the molecule is CC(C)c1noc(-c2cn(C3CCN(C(=O)c4cc5ccccc5[nH]4)CC3)nn2)n1. The number of aromatic amines is 1. The maximum Gasteiger partial charge on any atom is 0.280 e. The summed E-state index contributed by atoms with van der Waals surface area (Å²) >= 11 is 0. The van der Waals surface area contributed by atoms with Gasteiger partial charge in [-0.25, -0.2) is 4.68 Å². The van der Waals surface area contributed by atoms with Crippen LogP contribution in [0, 0.1) is 0 Å². The van der Waals surface area contributed by atoms with E-state index in [-0.39, 0.29) is 17.9 Å². The number of piperidine rings is 1. The predicted octanol–water partition coefficient (Wildman–Crippen LogP) is 3.41. The number of rotatable bonds is 4. The minimum Gasteiger partial charge on any atom is -0.351 e. The van der Waals surface area contributed by atoms with Crippen molar-refractivity contribution in [1.82, 2.24) is 35.0 Å². The van der Waals surface area contributed by atoms with E-state index in [0.717, 1.165) is 23.7 Å². The monoisotopic (exact) mass is 405 g/mol. The van der Waals surface area contributed by atoms with E-state index < -0.39 is 0 Å². The molecule has 1 saturated heterocycles. The lowest BCUT2D eigenvalue weighted by Gasteiger charge is -2.31. The van der Waals surface area contributed by atoms with Crippen molar-refractivity contribution in [2.75, 3.05) is 13.1 Å². The lowest BCUT2D eigenvalue weighted by Crippen LogP contribution is -2.39. The highest BCUT2D eigenvalue weighted by Crippen LogP contribution is 2.26. The van der Waals surface area contributed by atoms with Crippen LogP contribution in [0.1, 0.15) is 55.0 Å². The van der Waals surface area contributed by atoms with Crippen LogP contribution in [-0.4, -0.2) is 54.0 Å². The number of H-pyrrole nitrogens is 1. The summed E-state index contributed by atoms with van der Waals surface area (Å²) in [7, 11) is 0. The van der Waals surface area contributed by atoms with Crippen molar-refractivity contribution in [3.8, 4) is 11.6 Å². The second-order valence-electron chi connectivity index (χ2n) is 7.99. The van der Waals surface area contributed by atoms with Gasteiger partial charge in [0.15, 0.2) is 11.5 Å². The summed E-state index contributed by atoms with van der Waals surface area (Å²) in [6.45, 7) is 5.37. The Morgan fingerprint density at radius 1 is 1.23 bits per heavy atom. The van der Waals surface area contributed by atoms with Crippen molar-refractivity contribution >= 4 is 16.8 Å². The standard InChI is InChI=1S/C21H23N7O2/c1-13(2)19-23-20(30-25-19)18-12-28(26-24-18)15-7-9-27(10-8-15)21(29)17-11-14-5-3-4-6-16(14)22-17/h3-6,11-13,15,22H,7-10H2,1-2H3. The van der Waals surface area contributed by atoms with Crippen LogP contribution in [0.2, 0.25) is 0 Å². The molecule has 4 heterocycles. The molecule has 9 nitrogen and oxygen atoms in total. The molecule has 1 aliphatic rings. The van der Waals surface area contributed by atoms with Gasteiger partial charge in [0.2, 0.25) is 0 Å².